The summed E-state index contributed by atoms with van der Waals surface area (Å²) in [5, 5.41) is 10.6. The van der Waals surface area contributed by atoms with E-state index in [1.165, 1.54) is 11.3 Å². The van der Waals surface area contributed by atoms with Crippen LogP contribution in [0.5, 0.6) is 0 Å². The van der Waals surface area contributed by atoms with E-state index in [0.29, 0.717) is 0 Å². The lowest BCUT2D eigenvalue weighted by molar-refractivity contribution is 0.0785. The minimum absolute atomic E-state index is 0.755. The third-order valence-corrected chi connectivity index (χ3v) is 3.72. The van der Waals surface area contributed by atoms with E-state index in [0.717, 1.165) is 19.7 Å². The summed E-state index contributed by atoms with van der Waals surface area (Å²) in [6.07, 6.45) is 0. The SMILES string of the molecule is CC(C)(O)c1nc2cc(Br)ccc2s1. The fourth-order valence-electron chi connectivity index (χ4n) is 1.16. The van der Waals surface area contributed by atoms with E-state index >= 15 is 0 Å². The number of nitrogens with zero attached hydrogens (tertiary/aromatic N) is 1. The van der Waals surface area contributed by atoms with Crippen molar-refractivity contribution in [3.8, 4) is 0 Å². The summed E-state index contributed by atoms with van der Waals surface area (Å²) in [5.41, 5.74) is 0.0809. The van der Waals surface area contributed by atoms with Crippen molar-refractivity contribution in [3.63, 3.8) is 0 Å². The zero-order chi connectivity index (χ0) is 10.3. The highest BCUT2D eigenvalue weighted by Crippen LogP contribution is 2.30. The van der Waals surface area contributed by atoms with E-state index in [4.69, 9.17) is 0 Å². The maximum atomic E-state index is 9.80. The van der Waals surface area contributed by atoms with Gasteiger partial charge in [-0.05, 0) is 32.0 Å². The predicted octanol–water partition coefficient (Wildman–Crippen LogP) is 3.29. The number of aromatic nitrogens is 1. The summed E-state index contributed by atoms with van der Waals surface area (Å²) in [5.74, 6) is 0. The molecule has 1 heterocycles. The highest BCUT2D eigenvalue weighted by molar-refractivity contribution is 9.10. The molecule has 0 radical (unpaired) electrons. The van der Waals surface area contributed by atoms with Gasteiger partial charge in [0, 0.05) is 4.47 Å². The second-order valence-electron chi connectivity index (χ2n) is 3.69. The topological polar surface area (TPSA) is 33.1 Å². The molecule has 0 amide bonds. The lowest BCUT2D eigenvalue weighted by Gasteiger charge is -2.11. The molecule has 0 aliphatic carbocycles. The largest absolute Gasteiger partial charge is 0.383 e. The first-order valence-electron chi connectivity index (χ1n) is 4.26. The van der Waals surface area contributed by atoms with Gasteiger partial charge in [-0.25, -0.2) is 4.98 Å². The van der Waals surface area contributed by atoms with E-state index in [-0.39, 0.29) is 0 Å². The number of hydrogen-bond acceptors (Lipinski definition) is 3. The Morgan fingerprint density at radius 2 is 2.14 bits per heavy atom. The minimum atomic E-state index is -0.851. The fourth-order valence-corrected chi connectivity index (χ4v) is 2.46. The van der Waals surface area contributed by atoms with Crippen LogP contribution in [0.1, 0.15) is 18.9 Å². The Morgan fingerprint density at radius 1 is 1.43 bits per heavy atom. The quantitative estimate of drug-likeness (QED) is 0.864. The van der Waals surface area contributed by atoms with Crippen molar-refractivity contribution < 1.29 is 5.11 Å². The number of benzene rings is 1. The number of aliphatic hydroxyl groups is 1. The standard InChI is InChI=1S/C10H10BrNOS/c1-10(2,13)9-12-7-5-6(11)3-4-8(7)14-9/h3-5,13H,1-2H3. The molecule has 0 saturated heterocycles. The molecule has 2 rings (SSSR count). The van der Waals surface area contributed by atoms with E-state index in [1.54, 1.807) is 13.8 Å². The Labute approximate surface area is 94.7 Å². The van der Waals surface area contributed by atoms with Crippen molar-refractivity contribution in [2.24, 2.45) is 0 Å². The molecule has 4 heteroatoms. The maximum absolute atomic E-state index is 9.80. The van der Waals surface area contributed by atoms with Crippen LogP contribution in [0.3, 0.4) is 0 Å². The third-order valence-electron chi connectivity index (χ3n) is 1.87. The van der Waals surface area contributed by atoms with Crippen LogP contribution >= 0.6 is 27.3 Å². The molecular weight excluding hydrogens is 262 g/mol. The van der Waals surface area contributed by atoms with Gasteiger partial charge in [0.25, 0.3) is 0 Å². The van der Waals surface area contributed by atoms with Gasteiger partial charge in [-0.2, -0.15) is 0 Å². The second kappa shape index (κ2) is 3.29. The average molecular weight is 272 g/mol. The predicted molar refractivity (Wildman–Crippen MR) is 62.6 cm³/mol. The van der Waals surface area contributed by atoms with Crippen molar-refractivity contribution in [3.05, 3.63) is 27.7 Å². The Balaban J connectivity index is 2.63. The molecule has 0 unspecified atom stereocenters. The molecule has 0 aliphatic rings. The number of thiazole rings is 1. The molecule has 1 aromatic carbocycles. The summed E-state index contributed by atoms with van der Waals surface area (Å²) >= 11 is 4.93. The van der Waals surface area contributed by atoms with E-state index < -0.39 is 5.60 Å². The van der Waals surface area contributed by atoms with Gasteiger partial charge >= 0.3 is 0 Å². The first kappa shape index (κ1) is 10.1. The summed E-state index contributed by atoms with van der Waals surface area (Å²) in [7, 11) is 0. The van der Waals surface area contributed by atoms with Gasteiger partial charge in [0.15, 0.2) is 0 Å². The molecule has 0 atom stereocenters. The van der Waals surface area contributed by atoms with Crippen molar-refractivity contribution in [1.82, 2.24) is 4.98 Å². The first-order chi connectivity index (χ1) is 6.47. The smallest absolute Gasteiger partial charge is 0.125 e. The highest BCUT2D eigenvalue weighted by Gasteiger charge is 2.20. The molecule has 0 spiro atoms. The van der Waals surface area contributed by atoms with E-state index in [2.05, 4.69) is 20.9 Å². The molecule has 0 bridgehead atoms. The Kier molecular flexibility index (Phi) is 2.37. The zero-order valence-corrected chi connectivity index (χ0v) is 10.3. The van der Waals surface area contributed by atoms with Crippen LogP contribution in [0.2, 0.25) is 0 Å². The van der Waals surface area contributed by atoms with Crippen LogP contribution in [0.15, 0.2) is 22.7 Å². The fraction of sp³-hybridized carbons (Fsp3) is 0.300. The van der Waals surface area contributed by atoms with Crippen LogP contribution in [-0.4, -0.2) is 10.1 Å². The van der Waals surface area contributed by atoms with Crippen LogP contribution in [0.25, 0.3) is 10.2 Å². The molecule has 2 aromatic rings. The van der Waals surface area contributed by atoms with Crippen LogP contribution in [0, 0.1) is 0 Å². The number of rotatable bonds is 1. The van der Waals surface area contributed by atoms with Gasteiger partial charge in [-0.3, -0.25) is 0 Å². The summed E-state index contributed by atoms with van der Waals surface area (Å²) in [6.45, 7) is 3.50. The van der Waals surface area contributed by atoms with Crippen molar-refractivity contribution >= 4 is 37.5 Å². The average Bonchev–Trinajstić information content (AvgIpc) is 2.45. The molecule has 2 nitrogen and oxygen atoms in total. The summed E-state index contributed by atoms with van der Waals surface area (Å²) < 4.78 is 2.11. The number of halogens is 1. The lowest BCUT2D eigenvalue weighted by atomic mass is 10.2. The molecule has 74 valence electrons. The van der Waals surface area contributed by atoms with E-state index in [9.17, 15) is 5.11 Å². The molecule has 1 aromatic heterocycles. The third kappa shape index (κ3) is 1.82. The normalized spacial score (nSPS) is 12.3. The summed E-state index contributed by atoms with van der Waals surface area (Å²) in [4.78, 5) is 4.38. The monoisotopic (exact) mass is 271 g/mol. The van der Waals surface area contributed by atoms with Crippen molar-refractivity contribution in [2.75, 3.05) is 0 Å². The van der Waals surface area contributed by atoms with Crippen LogP contribution in [0.4, 0.5) is 0 Å². The Morgan fingerprint density at radius 3 is 2.79 bits per heavy atom. The highest BCUT2D eigenvalue weighted by atomic mass is 79.9. The van der Waals surface area contributed by atoms with Gasteiger partial charge in [0.05, 0.1) is 10.2 Å². The van der Waals surface area contributed by atoms with Gasteiger partial charge in [0.2, 0.25) is 0 Å². The molecule has 0 fully saturated rings. The van der Waals surface area contributed by atoms with Gasteiger partial charge in [-0.1, -0.05) is 15.9 Å². The molecule has 0 aliphatic heterocycles. The second-order valence-corrected chi connectivity index (χ2v) is 5.64. The molecule has 14 heavy (non-hydrogen) atoms. The molecule has 1 N–H and O–H groups in total. The zero-order valence-electron chi connectivity index (χ0n) is 7.91. The Hall–Kier alpha value is -0.450. The van der Waals surface area contributed by atoms with Gasteiger partial charge in [-0.15, -0.1) is 11.3 Å². The molecular formula is C10H10BrNOS. The number of hydrogen-bond donors (Lipinski definition) is 1. The van der Waals surface area contributed by atoms with Gasteiger partial charge in [0.1, 0.15) is 10.6 Å². The Bertz CT molecular complexity index is 472. The maximum Gasteiger partial charge on any atom is 0.125 e. The van der Waals surface area contributed by atoms with Crippen LogP contribution < -0.4 is 0 Å². The van der Waals surface area contributed by atoms with Crippen molar-refractivity contribution in [2.45, 2.75) is 19.4 Å². The minimum Gasteiger partial charge on any atom is -0.383 e. The van der Waals surface area contributed by atoms with Crippen LogP contribution in [-0.2, 0) is 5.60 Å². The lowest BCUT2D eigenvalue weighted by Crippen LogP contribution is -2.14. The summed E-state index contributed by atoms with van der Waals surface area (Å²) in [6, 6.07) is 5.95. The van der Waals surface area contributed by atoms with Crippen molar-refractivity contribution in [1.29, 1.82) is 0 Å². The molecule has 0 saturated carbocycles. The van der Waals surface area contributed by atoms with Gasteiger partial charge < -0.3 is 5.11 Å². The van der Waals surface area contributed by atoms with E-state index in [1.807, 2.05) is 18.2 Å². The first-order valence-corrected chi connectivity index (χ1v) is 5.87. The number of fused-ring (bicyclic) bond motifs is 1.